The number of carbonyl (C=O) groups is 1. The van der Waals surface area contributed by atoms with Crippen LogP contribution in [0.1, 0.15) is 32.6 Å². The first-order chi connectivity index (χ1) is 19.5. The Balaban J connectivity index is 1.70. The van der Waals surface area contributed by atoms with Gasteiger partial charge >= 0.3 is 10.2 Å². The van der Waals surface area contributed by atoms with Crippen LogP contribution in [-0.2, 0) is 29.8 Å². The van der Waals surface area contributed by atoms with E-state index in [1.54, 1.807) is 32.5 Å². The number of benzene rings is 3. The van der Waals surface area contributed by atoms with Crippen molar-refractivity contribution in [2.75, 3.05) is 39.6 Å². The van der Waals surface area contributed by atoms with Gasteiger partial charge in [0.25, 0.3) is 5.91 Å². The lowest BCUT2D eigenvalue weighted by molar-refractivity contribution is 0.0813. The fourth-order valence-corrected chi connectivity index (χ4v) is 5.89. The number of nitrogens with zero attached hydrogens (tertiary/aromatic N) is 4. The van der Waals surface area contributed by atoms with Crippen molar-refractivity contribution in [1.29, 1.82) is 0 Å². The maximum absolute atomic E-state index is 13.5. The molecule has 5 rings (SSSR count). The third-order valence-electron chi connectivity index (χ3n) is 7.17. The van der Waals surface area contributed by atoms with Crippen molar-refractivity contribution in [2.24, 2.45) is 0 Å². The van der Waals surface area contributed by atoms with Crippen LogP contribution in [0.5, 0.6) is 11.5 Å². The van der Waals surface area contributed by atoms with Crippen LogP contribution in [-0.4, -0.2) is 63.8 Å². The Hall–Kier alpha value is -4.22. The molecule has 0 saturated carbocycles. The summed E-state index contributed by atoms with van der Waals surface area (Å²) in [5.41, 5.74) is 4.10. The molecule has 41 heavy (non-hydrogen) atoms. The zero-order valence-electron chi connectivity index (χ0n) is 23.5. The Kier molecular flexibility index (Phi) is 7.58. The Labute approximate surface area is 238 Å². The fourth-order valence-electron chi connectivity index (χ4n) is 4.96. The zero-order valence-corrected chi connectivity index (χ0v) is 24.3. The van der Waals surface area contributed by atoms with Crippen LogP contribution in [0.2, 0.25) is 0 Å². The highest BCUT2D eigenvalue weighted by Gasteiger charge is 2.37. The third kappa shape index (κ3) is 5.30. The number of aromatic nitrogens is 1. The molecule has 1 aromatic heterocycles. The van der Waals surface area contributed by atoms with Crippen molar-refractivity contribution in [3.63, 3.8) is 0 Å². The minimum Gasteiger partial charge on any atom is -0.497 e. The molecule has 2 heterocycles. The number of pyridine rings is 1. The summed E-state index contributed by atoms with van der Waals surface area (Å²) in [6.07, 6.45) is 2.12. The number of amides is 1. The lowest BCUT2D eigenvalue weighted by Crippen LogP contribution is -2.38. The van der Waals surface area contributed by atoms with Gasteiger partial charge in [-0.25, -0.2) is 4.39 Å². The summed E-state index contributed by atoms with van der Waals surface area (Å²) in [5.74, 6) is 0.404. The molecule has 0 aliphatic carbocycles. The predicted molar refractivity (Wildman–Crippen MR) is 155 cm³/mol. The summed E-state index contributed by atoms with van der Waals surface area (Å²) >= 11 is 0. The van der Waals surface area contributed by atoms with E-state index in [-0.39, 0.29) is 24.9 Å². The number of carbonyl (C=O) groups excluding carboxylic acids is 1. The van der Waals surface area contributed by atoms with Crippen molar-refractivity contribution < 1.29 is 27.1 Å². The van der Waals surface area contributed by atoms with Crippen LogP contribution < -0.4 is 13.8 Å². The van der Waals surface area contributed by atoms with Crippen LogP contribution >= 0.6 is 0 Å². The Morgan fingerprint density at radius 2 is 1.66 bits per heavy atom. The molecular weight excluding hydrogens is 547 g/mol. The number of hydrogen-bond donors (Lipinski definition) is 0. The molecule has 1 aliphatic heterocycles. The molecule has 4 aromatic rings. The van der Waals surface area contributed by atoms with Gasteiger partial charge in [-0.15, -0.1) is 0 Å². The number of halogens is 1. The second kappa shape index (κ2) is 11.0. The van der Waals surface area contributed by atoms with Gasteiger partial charge in [0.2, 0.25) is 0 Å². The van der Waals surface area contributed by atoms with E-state index < -0.39 is 10.2 Å². The molecular formula is C30H31FN4O5S. The largest absolute Gasteiger partial charge is 0.497 e. The van der Waals surface area contributed by atoms with E-state index in [4.69, 9.17) is 14.5 Å². The zero-order chi connectivity index (χ0) is 29.5. The van der Waals surface area contributed by atoms with Gasteiger partial charge in [0, 0.05) is 51.9 Å². The molecule has 0 bridgehead atoms. The van der Waals surface area contributed by atoms with Gasteiger partial charge in [-0.3, -0.25) is 14.1 Å². The van der Waals surface area contributed by atoms with Crippen molar-refractivity contribution >= 4 is 32.7 Å². The van der Waals surface area contributed by atoms with Crippen LogP contribution in [0.25, 0.3) is 10.9 Å². The van der Waals surface area contributed by atoms with E-state index >= 15 is 0 Å². The number of anilines is 1. The van der Waals surface area contributed by atoms with Crippen LogP contribution in [0.15, 0.2) is 60.8 Å². The topological polar surface area (TPSA) is 92.3 Å². The minimum absolute atomic E-state index is 0.159. The lowest BCUT2D eigenvalue weighted by atomic mass is 9.98. The summed E-state index contributed by atoms with van der Waals surface area (Å²) in [7, 11) is 3.72. The Morgan fingerprint density at radius 1 is 1.00 bits per heavy atom. The fraction of sp³-hybridized carbons (Fsp3) is 0.267. The molecule has 1 amide bonds. The van der Waals surface area contributed by atoms with Gasteiger partial charge in [0.05, 0.1) is 18.4 Å². The first-order valence-corrected chi connectivity index (χ1v) is 14.3. The summed E-state index contributed by atoms with van der Waals surface area (Å²) < 4.78 is 54.0. The number of ether oxygens (including phenoxy) is 2. The van der Waals surface area contributed by atoms with Gasteiger partial charge in [-0.1, -0.05) is 24.3 Å². The highest BCUT2D eigenvalue weighted by Crippen LogP contribution is 2.45. The van der Waals surface area contributed by atoms with Gasteiger partial charge in [-0.2, -0.15) is 12.7 Å². The van der Waals surface area contributed by atoms with Crippen molar-refractivity contribution in [3.8, 4) is 11.5 Å². The summed E-state index contributed by atoms with van der Waals surface area (Å²) in [4.78, 5) is 19.7. The predicted octanol–water partition coefficient (Wildman–Crippen LogP) is 4.38. The molecule has 3 aromatic carbocycles. The maximum atomic E-state index is 13.5. The monoisotopic (exact) mass is 578 g/mol. The van der Waals surface area contributed by atoms with E-state index in [0.717, 1.165) is 21.0 Å². The van der Waals surface area contributed by atoms with Gasteiger partial charge in [-0.05, 0) is 53.4 Å². The normalized spacial score (nSPS) is 13.1. The maximum Gasteiger partial charge on any atom is 0.303 e. The molecule has 214 valence electrons. The van der Waals surface area contributed by atoms with Crippen molar-refractivity contribution in [2.45, 2.75) is 19.6 Å². The third-order valence-corrected chi connectivity index (χ3v) is 8.97. The van der Waals surface area contributed by atoms with Gasteiger partial charge < -0.3 is 14.4 Å². The number of fused-ring (bicyclic) bond motifs is 2. The first kappa shape index (κ1) is 28.3. The van der Waals surface area contributed by atoms with E-state index in [9.17, 15) is 17.6 Å². The SMILES string of the molecule is COc1ccc(COc2c3c(c(N(C)S(=O)(=O)N(C)C)c4cc(Cc5ccc(F)cc5)cnc24)CN(C)C3=O)cc1. The highest BCUT2D eigenvalue weighted by atomic mass is 32.2. The molecule has 9 nitrogen and oxygen atoms in total. The van der Waals surface area contributed by atoms with Crippen molar-refractivity contribution in [3.05, 3.63) is 94.4 Å². The first-order valence-electron chi connectivity index (χ1n) is 12.9. The van der Waals surface area contributed by atoms with E-state index in [0.29, 0.717) is 45.6 Å². The van der Waals surface area contributed by atoms with Gasteiger partial charge in [0.15, 0.2) is 5.75 Å². The smallest absolute Gasteiger partial charge is 0.303 e. The van der Waals surface area contributed by atoms with Crippen LogP contribution in [0.3, 0.4) is 0 Å². The van der Waals surface area contributed by atoms with Crippen LogP contribution in [0.4, 0.5) is 10.1 Å². The molecule has 11 heteroatoms. The number of hydrogen-bond acceptors (Lipinski definition) is 6. The average Bonchev–Trinajstić information content (AvgIpc) is 3.25. The van der Waals surface area contributed by atoms with Crippen LogP contribution in [0, 0.1) is 5.82 Å². The molecule has 0 N–H and O–H groups in total. The molecule has 0 fully saturated rings. The average molecular weight is 579 g/mol. The Bertz CT molecular complexity index is 1730. The van der Waals surface area contributed by atoms with E-state index in [2.05, 4.69) is 0 Å². The summed E-state index contributed by atoms with van der Waals surface area (Å²) in [5, 5.41) is 0.532. The highest BCUT2D eigenvalue weighted by molar-refractivity contribution is 7.90. The second-order valence-electron chi connectivity index (χ2n) is 10.1. The lowest BCUT2D eigenvalue weighted by Gasteiger charge is -2.27. The summed E-state index contributed by atoms with van der Waals surface area (Å²) in [6.45, 7) is 0.362. The number of rotatable bonds is 9. The molecule has 1 aliphatic rings. The molecule has 0 radical (unpaired) electrons. The molecule has 0 atom stereocenters. The standard InChI is InChI=1S/C30H31FN4O5S/c1-33(2)41(37,38)35(4)28-24-15-21(14-19-6-10-22(31)11-7-19)16-32-27(24)29(26-25(28)17-34(3)30(26)36)40-18-20-8-12-23(39-5)13-9-20/h6-13,15-16H,14,17-18H2,1-5H3. The van der Waals surface area contributed by atoms with E-state index in [1.807, 2.05) is 30.3 Å². The molecule has 0 spiro atoms. The minimum atomic E-state index is -3.91. The summed E-state index contributed by atoms with van der Waals surface area (Å²) in [6, 6.07) is 15.4. The van der Waals surface area contributed by atoms with Gasteiger partial charge in [0.1, 0.15) is 23.7 Å². The second-order valence-corrected chi connectivity index (χ2v) is 12.3. The van der Waals surface area contributed by atoms with E-state index in [1.165, 1.54) is 42.5 Å². The quantitative estimate of drug-likeness (QED) is 0.293. The number of methoxy groups -OCH3 is 1. The molecule has 0 saturated heterocycles. The van der Waals surface area contributed by atoms with Crippen molar-refractivity contribution in [1.82, 2.24) is 14.2 Å². The Morgan fingerprint density at radius 3 is 2.29 bits per heavy atom. The molecule has 0 unspecified atom stereocenters.